The molecule has 1 aliphatic rings. The van der Waals surface area contributed by atoms with E-state index in [2.05, 4.69) is 11.2 Å². The monoisotopic (exact) mass is 225 g/mol. The number of ether oxygens (including phenoxy) is 1. The van der Waals surface area contributed by atoms with Crippen molar-refractivity contribution in [1.82, 2.24) is 5.32 Å². The van der Waals surface area contributed by atoms with Gasteiger partial charge in [-0.25, -0.2) is 4.79 Å². The second kappa shape index (κ2) is 5.52. The maximum atomic E-state index is 11.7. The number of terminal acetylenes is 1. The number of carboxylic acid groups (broad SMARTS) is 1. The lowest BCUT2D eigenvalue weighted by Gasteiger charge is -2.17. The van der Waals surface area contributed by atoms with Crippen LogP contribution in [0, 0.1) is 18.3 Å². The van der Waals surface area contributed by atoms with Crippen LogP contribution in [0.3, 0.4) is 0 Å². The van der Waals surface area contributed by atoms with Gasteiger partial charge in [0.2, 0.25) is 5.91 Å². The predicted octanol–water partition coefficient (Wildman–Crippen LogP) is 0.00410. The molecule has 1 heterocycles. The van der Waals surface area contributed by atoms with E-state index in [-0.39, 0.29) is 12.3 Å². The van der Waals surface area contributed by atoms with Crippen molar-refractivity contribution in [3.63, 3.8) is 0 Å². The van der Waals surface area contributed by atoms with E-state index in [9.17, 15) is 9.59 Å². The van der Waals surface area contributed by atoms with Gasteiger partial charge in [-0.1, -0.05) is 6.92 Å². The molecule has 0 aliphatic carbocycles. The number of carboxylic acids is 1. The first-order valence-electron chi connectivity index (χ1n) is 5.14. The van der Waals surface area contributed by atoms with Crippen LogP contribution in [-0.4, -0.2) is 35.7 Å². The average molecular weight is 225 g/mol. The Morgan fingerprint density at radius 3 is 2.81 bits per heavy atom. The Morgan fingerprint density at radius 2 is 2.38 bits per heavy atom. The van der Waals surface area contributed by atoms with Crippen LogP contribution in [-0.2, 0) is 14.3 Å². The number of aliphatic carboxylic acids is 1. The van der Waals surface area contributed by atoms with E-state index in [1.165, 1.54) is 0 Å². The molecule has 0 aromatic rings. The maximum absolute atomic E-state index is 11.7. The van der Waals surface area contributed by atoms with Crippen LogP contribution in [0.4, 0.5) is 0 Å². The van der Waals surface area contributed by atoms with Crippen LogP contribution in [0.25, 0.3) is 0 Å². The Hall–Kier alpha value is -1.54. The number of carbonyl (C=O) groups is 2. The standard InChI is InChI=1S/C11H15NO4/c1-3-4-8(11(14)15)12-10(13)9-7(2)5-6-16-9/h1,7-9H,4-6H2,2H3,(H,12,13)(H,14,15). The summed E-state index contributed by atoms with van der Waals surface area (Å²) in [6, 6.07) is -1.03. The number of hydrogen-bond donors (Lipinski definition) is 2. The molecule has 1 amide bonds. The van der Waals surface area contributed by atoms with Crippen LogP contribution in [0.2, 0.25) is 0 Å². The number of rotatable bonds is 4. The molecule has 0 aromatic carbocycles. The molecule has 3 unspecified atom stereocenters. The lowest BCUT2D eigenvalue weighted by molar-refractivity contribution is -0.143. The van der Waals surface area contributed by atoms with Gasteiger partial charge in [-0.2, -0.15) is 0 Å². The van der Waals surface area contributed by atoms with Crippen molar-refractivity contribution in [3.8, 4) is 12.3 Å². The Kier molecular flexibility index (Phi) is 4.32. The molecule has 0 aromatic heterocycles. The SMILES string of the molecule is C#CCC(NC(=O)C1OCCC1C)C(=O)O. The second-order valence-corrected chi connectivity index (χ2v) is 3.87. The highest BCUT2D eigenvalue weighted by Gasteiger charge is 2.33. The minimum atomic E-state index is -1.13. The topological polar surface area (TPSA) is 75.6 Å². The van der Waals surface area contributed by atoms with Gasteiger partial charge in [0, 0.05) is 13.0 Å². The molecule has 16 heavy (non-hydrogen) atoms. The van der Waals surface area contributed by atoms with Crippen molar-refractivity contribution in [2.24, 2.45) is 5.92 Å². The van der Waals surface area contributed by atoms with E-state index in [1.54, 1.807) is 0 Å². The molecular formula is C11H15NO4. The molecule has 1 saturated heterocycles. The minimum Gasteiger partial charge on any atom is -0.480 e. The first kappa shape index (κ1) is 12.5. The summed E-state index contributed by atoms with van der Waals surface area (Å²) in [5.41, 5.74) is 0. The van der Waals surface area contributed by atoms with E-state index in [1.807, 2.05) is 6.92 Å². The zero-order valence-electron chi connectivity index (χ0n) is 9.10. The normalized spacial score (nSPS) is 25.8. The Morgan fingerprint density at radius 1 is 1.69 bits per heavy atom. The molecule has 2 N–H and O–H groups in total. The molecule has 1 aliphatic heterocycles. The number of hydrogen-bond acceptors (Lipinski definition) is 3. The third-order valence-corrected chi connectivity index (χ3v) is 2.58. The van der Waals surface area contributed by atoms with E-state index in [0.717, 1.165) is 6.42 Å². The molecule has 1 fully saturated rings. The van der Waals surface area contributed by atoms with Gasteiger partial charge < -0.3 is 15.2 Å². The molecule has 5 heteroatoms. The fraction of sp³-hybridized carbons (Fsp3) is 0.636. The lowest BCUT2D eigenvalue weighted by Crippen LogP contribution is -2.46. The van der Waals surface area contributed by atoms with Gasteiger partial charge in [-0.15, -0.1) is 12.3 Å². The first-order valence-corrected chi connectivity index (χ1v) is 5.14. The quantitative estimate of drug-likeness (QED) is 0.660. The van der Waals surface area contributed by atoms with Crippen LogP contribution in [0.5, 0.6) is 0 Å². The van der Waals surface area contributed by atoms with Crippen molar-refractivity contribution in [3.05, 3.63) is 0 Å². The predicted molar refractivity (Wildman–Crippen MR) is 56.5 cm³/mol. The third-order valence-electron chi connectivity index (χ3n) is 2.58. The zero-order valence-corrected chi connectivity index (χ0v) is 9.10. The van der Waals surface area contributed by atoms with Gasteiger partial charge in [0.15, 0.2) is 0 Å². The first-order chi connectivity index (χ1) is 7.56. The van der Waals surface area contributed by atoms with Crippen molar-refractivity contribution in [2.75, 3.05) is 6.61 Å². The van der Waals surface area contributed by atoms with Gasteiger partial charge >= 0.3 is 5.97 Å². The molecular weight excluding hydrogens is 210 g/mol. The van der Waals surface area contributed by atoms with Crippen LogP contribution in [0.15, 0.2) is 0 Å². The Balaban J connectivity index is 2.55. The van der Waals surface area contributed by atoms with Gasteiger partial charge in [0.1, 0.15) is 12.1 Å². The highest BCUT2D eigenvalue weighted by atomic mass is 16.5. The van der Waals surface area contributed by atoms with Gasteiger partial charge in [-0.05, 0) is 12.3 Å². The van der Waals surface area contributed by atoms with Crippen LogP contribution in [0.1, 0.15) is 19.8 Å². The molecule has 0 radical (unpaired) electrons. The highest BCUT2D eigenvalue weighted by Crippen LogP contribution is 2.20. The van der Waals surface area contributed by atoms with E-state index in [4.69, 9.17) is 16.3 Å². The maximum Gasteiger partial charge on any atom is 0.327 e. The van der Waals surface area contributed by atoms with E-state index in [0.29, 0.717) is 6.61 Å². The van der Waals surface area contributed by atoms with Gasteiger partial charge in [0.05, 0.1) is 0 Å². The molecule has 0 spiro atoms. The summed E-state index contributed by atoms with van der Waals surface area (Å²) >= 11 is 0. The van der Waals surface area contributed by atoms with Crippen molar-refractivity contribution in [1.29, 1.82) is 0 Å². The molecule has 1 rings (SSSR count). The van der Waals surface area contributed by atoms with Crippen LogP contribution >= 0.6 is 0 Å². The summed E-state index contributed by atoms with van der Waals surface area (Å²) in [6.45, 7) is 2.43. The van der Waals surface area contributed by atoms with E-state index >= 15 is 0 Å². The molecule has 5 nitrogen and oxygen atoms in total. The fourth-order valence-electron chi connectivity index (χ4n) is 1.60. The minimum absolute atomic E-state index is 0.0256. The average Bonchev–Trinajstić information content (AvgIpc) is 2.63. The largest absolute Gasteiger partial charge is 0.480 e. The molecule has 3 atom stereocenters. The second-order valence-electron chi connectivity index (χ2n) is 3.87. The lowest BCUT2D eigenvalue weighted by atomic mass is 10.0. The number of amides is 1. The zero-order chi connectivity index (χ0) is 12.1. The van der Waals surface area contributed by atoms with Crippen LogP contribution < -0.4 is 5.32 Å². The number of carbonyl (C=O) groups excluding carboxylic acids is 1. The Labute approximate surface area is 94.2 Å². The Bertz CT molecular complexity index is 320. The van der Waals surface area contributed by atoms with Crippen molar-refractivity contribution >= 4 is 11.9 Å². The van der Waals surface area contributed by atoms with Gasteiger partial charge in [0.25, 0.3) is 0 Å². The molecule has 88 valence electrons. The summed E-state index contributed by atoms with van der Waals surface area (Å²) in [5, 5.41) is 11.2. The number of nitrogens with one attached hydrogen (secondary N) is 1. The smallest absolute Gasteiger partial charge is 0.327 e. The summed E-state index contributed by atoms with van der Waals surface area (Å²) < 4.78 is 5.23. The van der Waals surface area contributed by atoms with Crippen molar-refractivity contribution < 1.29 is 19.4 Å². The third kappa shape index (κ3) is 2.97. The fourth-order valence-corrected chi connectivity index (χ4v) is 1.60. The summed E-state index contributed by atoms with van der Waals surface area (Å²) in [4.78, 5) is 22.4. The molecule has 0 saturated carbocycles. The summed E-state index contributed by atoms with van der Waals surface area (Å²) in [7, 11) is 0. The van der Waals surface area contributed by atoms with Gasteiger partial charge in [-0.3, -0.25) is 4.79 Å². The molecule has 0 bridgehead atoms. The summed E-state index contributed by atoms with van der Waals surface area (Å²) in [6.07, 6.45) is 5.26. The summed E-state index contributed by atoms with van der Waals surface area (Å²) in [5.74, 6) is 0.808. The van der Waals surface area contributed by atoms with Crippen molar-refractivity contribution in [2.45, 2.75) is 31.9 Å². The highest BCUT2D eigenvalue weighted by molar-refractivity contribution is 5.86. The van der Waals surface area contributed by atoms with E-state index < -0.39 is 24.0 Å².